The zero-order valence-corrected chi connectivity index (χ0v) is 19.2. The van der Waals surface area contributed by atoms with E-state index in [9.17, 15) is 4.79 Å². The molecule has 1 N–H and O–H groups in total. The van der Waals surface area contributed by atoms with Gasteiger partial charge in [-0.2, -0.15) is 5.26 Å². The quantitative estimate of drug-likeness (QED) is 0.746. The van der Waals surface area contributed by atoms with Crippen LogP contribution in [0.5, 0.6) is 5.75 Å². The van der Waals surface area contributed by atoms with Crippen LogP contribution in [0.1, 0.15) is 44.5 Å². The van der Waals surface area contributed by atoms with Crippen molar-refractivity contribution in [1.82, 2.24) is 19.9 Å². The highest BCUT2D eigenvalue weighted by Crippen LogP contribution is 2.38. The van der Waals surface area contributed by atoms with Gasteiger partial charge in [-0.3, -0.25) is 0 Å². The zero-order valence-electron chi connectivity index (χ0n) is 19.2. The smallest absolute Gasteiger partial charge is 0.410 e. The van der Waals surface area contributed by atoms with Crippen LogP contribution in [0, 0.1) is 18.3 Å². The lowest BCUT2D eigenvalue weighted by molar-refractivity contribution is 0.0690. The first kappa shape index (κ1) is 22.6. The maximum atomic E-state index is 12.2. The van der Waals surface area contributed by atoms with Crippen LogP contribution in [0.25, 0.3) is 0 Å². The molecule has 10 heteroatoms. The number of amides is 1. The molecule has 0 unspecified atom stereocenters. The standard InChI is InChI=1S/C23H29N7O3/c1-15(2)33-23(31)29-10-7-18(8-11-29)30-9-4-12-32-20-21(25-14-26-22(20)30)28-19-6-5-17(13-24)27-16(19)3/h5-6,14-15,18H,4,7-12H2,1-3H3,(H,25,26,28). The molecule has 174 valence electrons. The van der Waals surface area contributed by atoms with Crippen LogP contribution in [0.2, 0.25) is 0 Å². The summed E-state index contributed by atoms with van der Waals surface area (Å²) in [5.74, 6) is 1.94. The van der Waals surface area contributed by atoms with E-state index >= 15 is 0 Å². The zero-order chi connectivity index (χ0) is 23.4. The Kier molecular flexibility index (Phi) is 6.77. The number of hydrogen-bond donors (Lipinski definition) is 1. The fourth-order valence-corrected chi connectivity index (χ4v) is 4.18. The summed E-state index contributed by atoms with van der Waals surface area (Å²) >= 11 is 0. The Balaban J connectivity index is 1.53. The van der Waals surface area contributed by atoms with Gasteiger partial charge >= 0.3 is 6.09 Å². The van der Waals surface area contributed by atoms with Crippen molar-refractivity contribution in [3.63, 3.8) is 0 Å². The number of hydrogen-bond acceptors (Lipinski definition) is 9. The minimum Gasteiger partial charge on any atom is -0.486 e. The number of rotatable bonds is 4. The van der Waals surface area contributed by atoms with E-state index in [1.54, 1.807) is 11.0 Å². The third kappa shape index (κ3) is 5.08. The summed E-state index contributed by atoms with van der Waals surface area (Å²) in [6, 6.07) is 5.78. The van der Waals surface area contributed by atoms with Crippen LogP contribution in [0.15, 0.2) is 18.5 Å². The Labute approximate surface area is 193 Å². The Hall–Kier alpha value is -3.61. The molecule has 0 bridgehead atoms. The number of fused-ring (bicyclic) bond motifs is 1. The SMILES string of the molecule is Cc1nc(C#N)ccc1Nc1ncnc2c1OCCCN2C1CCN(C(=O)OC(C)C)CC1. The van der Waals surface area contributed by atoms with Crippen molar-refractivity contribution in [2.75, 3.05) is 36.5 Å². The minimum absolute atomic E-state index is 0.123. The number of nitriles is 1. The second kappa shape index (κ2) is 9.90. The third-order valence-electron chi connectivity index (χ3n) is 5.80. The molecule has 4 heterocycles. The molecular formula is C23H29N7O3. The average Bonchev–Trinajstić information content (AvgIpc) is 3.03. The Morgan fingerprint density at radius 1 is 1.27 bits per heavy atom. The van der Waals surface area contributed by atoms with Crippen molar-refractivity contribution >= 4 is 23.4 Å². The lowest BCUT2D eigenvalue weighted by Crippen LogP contribution is -2.47. The number of nitrogens with one attached hydrogen (secondary N) is 1. The number of pyridine rings is 1. The van der Waals surface area contributed by atoms with Crippen LogP contribution in [0.4, 0.5) is 22.1 Å². The monoisotopic (exact) mass is 451 g/mol. The van der Waals surface area contributed by atoms with E-state index in [-0.39, 0.29) is 18.2 Å². The molecule has 0 saturated carbocycles. The molecule has 0 aromatic carbocycles. The molecule has 1 amide bonds. The first-order valence-electron chi connectivity index (χ1n) is 11.3. The fourth-order valence-electron chi connectivity index (χ4n) is 4.18. The third-order valence-corrected chi connectivity index (χ3v) is 5.80. The maximum Gasteiger partial charge on any atom is 0.410 e. The molecule has 2 aliphatic rings. The number of carbonyl (C=O) groups excluding carboxylic acids is 1. The van der Waals surface area contributed by atoms with Crippen molar-refractivity contribution in [2.24, 2.45) is 0 Å². The number of likely N-dealkylation sites (tertiary alicyclic amines) is 1. The van der Waals surface area contributed by atoms with Crippen LogP contribution in [-0.4, -0.2) is 64.3 Å². The summed E-state index contributed by atoms with van der Waals surface area (Å²) in [5.41, 5.74) is 1.82. The molecule has 33 heavy (non-hydrogen) atoms. The van der Waals surface area contributed by atoms with E-state index in [2.05, 4.69) is 31.2 Å². The molecule has 2 aromatic rings. The number of piperidine rings is 1. The number of aromatic nitrogens is 3. The predicted octanol–water partition coefficient (Wildman–Crippen LogP) is 3.39. The fraction of sp³-hybridized carbons (Fsp3) is 0.522. The highest BCUT2D eigenvalue weighted by Gasteiger charge is 2.32. The van der Waals surface area contributed by atoms with Crippen molar-refractivity contribution in [1.29, 1.82) is 5.26 Å². The summed E-state index contributed by atoms with van der Waals surface area (Å²) in [6.45, 7) is 8.25. The lowest BCUT2D eigenvalue weighted by atomic mass is 10.0. The van der Waals surface area contributed by atoms with Gasteiger partial charge in [0, 0.05) is 25.7 Å². The first-order valence-corrected chi connectivity index (χ1v) is 11.3. The van der Waals surface area contributed by atoms with E-state index in [0.29, 0.717) is 42.7 Å². The molecule has 2 aromatic heterocycles. The predicted molar refractivity (Wildman–Crippen MR) is 123 cm³/mol. The number of aryl methyl sites for hydroxylation is 1. The second-order valence-electron chi connectivity index (χ2n) is 8.49. The van der Waals surface area contributed by atoms with E-state index in [1.165, 1.54) is 6.33 Å². The molecule has 4 rings (SSSR count). The molecule has 0 atom stereocenters. The normalized spacial score (nSPS) is 16.5. The number of anilines is 3. The Morgan fingerprint density at radius 3 is 2.76 bits per heavy atom. The van der Waals surface area contributed by atoms with Crippen molar-refractivity contribution < 1.29 is 14.3 Å². The van der Waals surface area contributed by atoms with Gasteiger partial charge in [-0.25, -0.2) is 19.7 Å². The van der Waals surface area contributed by atoms with E-state index in [1.807, 2.05) is 26.8 Å². The molecule has 1 fully saturated rings. The second-order valence-corrected chi connectivity index (χ2v) is 8.49. The van der Waals surface area contributed by atoms with E-state index < -0.39 is 0 Å². The van der Waals surface area contributed by atoms with Gasteiger partial charge in [0.2, 0.25) is 5.75 Å². The molecule has 0 aliphatic carbocycles. The van der Waals surface area contributed by atoms with Gasteiger partial charge in [-0.15, -0.1) is 0 Å². The Bertz CT molecular complexity index is 1040. The van der Waals surface area contributed by atoms with Crippen LogP contribution in [-0.2, 0) is 4.74 Å². The van der Waals surface area contributed by atoms with Gasteiger partial charge in [0.05, 0.1) is 24.1 Å². The number of carbonyl (C=O) groups is 1. The van der Waals surface area contributed by atoms with Crippen molar-refractivity contribution in [2.45, 2.75) is 52.2 Å². The first-order chi connectivity index (χ1) is 16.0. The van der Waals surface area contributed by atoms with Crippen molar-refractivity contribution in [3.05, 3.63) is 29.8 Å². The van der Waals surface area contributed by atoms with Gasteiger partial charge in [-0.05, 0) is 52.2 Å². The summed E-state index contributed by atoms with van der Waals surface area (Å²) in [7, 11) is 0. The van der Waals surface area contributed by atoms with Crippen LogP contribution < -0.4 is 15.0 Å². The molecule has 0 radical (unpaired) electrons. The van der Waals surface area contributed by atoms with Crippen molar-refractivity contribution in [3.8, 4) is 11.8 Å². The summed E-state index contributed by atoms with van der Waals surface area (Å²) in [5, 5.41) is 12.4. The van der Waals surface area contributed by atoms with Gasteiger partial charge in [0.1, 0.15) is 18.1 Å². The van der Waals surface area contributed by atoms with Crippen LogP contribution in [0.3, 0.4) is 0 Å². The van der Waals surface area contributed by atoms with E-state index in [4.69, 9.17) is 14.7 Å². The van der Waals surface area contributed by atoms with Gasteiger partial charge in [-0.1, -0.05) is 0 Å². The number of nitrogens with zero attached hydrogens (tertiary/aromatic N) is 6. The molecular weight excluding hydrogens is 422 g/mol. The average molecular weight is 452 g/mol. The minimum atomic E-state index is -0.247. The highest BCUT2D eigenvalue weighted by atomic mass is 16.6. The largest absolute Gasteiger partial charge is 0.486 e. The molecule has 1 saturated heterocycles. The highest BCUT2D eigenvalue weighted by molar-refractivity contribution is 5.71. The van der Waals surface area contributed by atoms with Crippen LogP contribution >= 0.6 is 0 Å². The summed E-state index contributed by atoms with van der Waals surface area (Å²) < 4.78 is 11.4. The molecule has 10 nitrogen and oxygen atoms in total. The Morgan fingerprint density at radius 2 is 2.06 bits per heavy atom. The lowest BCUT2D eigenvalue weighted by Gasteiger charge is -2.38. The number of ether oxygens (including phenoxy) is 2. The van der Waals surface area contributed by atoms with Gasteiger partial charge < -0.3 is 24.6 Å². The molecule has 0 spiro atoms. The topological polar surface area (TPSA) is 117 Å². The maximum absolute atomic E-state index is 12.2. The molecule has 2 aliphatic heterocycles. The van der Waals surface area contributed by atoms with Gasteiger partial charge in [0.15, 0.2) is 11.6 Å². The van der Waals surface area contributed by atoms with E-state index in [0.717, 1.165) is 37.3 Å². The summed E-state index contributed by atoms with van der Waals surface area (Å²) in [4.78, 5) is 29.6. The summed E-state index contributed by atoms with van der Waals surface area (Å²) in [6.07, 6.45) is 3.69. The van der Waals surface area contributed by atoms with Gasteiger partial charge in [0.25, 0.3) is 0 Å².